The Bertz CT molecular complexity index is 7250. The molecule has 16 aromatic carbocycles. The predicted molar refractivity (Wildman–Crippen MR) is 513 cm³/mol. The van der Waals surface area contributed by atoms with Crippen LogP contribution in [0.25, 0.3) is 200 Å². The van der Waals surface area contributed by atoms with Crippen molar-refractivity contribution in [2.75, 3.05) is 0 Å². The molecule has 1 aliphatic heterocycles. The minimum Gasteiger partial charge on any atom is -0.399 e. The summed E-state index contributed by atoms with van der Waals surface area (Å²) in [6.07, 6.45) is 5.63. The molecule has 0 N–H and O–H groups in total. The van der Waals surface area contributed by atoms with Gasteiger partial charge < -0.3 is 9.31 Å². The highest BCUT2D eigenvalue weighted by Gasteiger charge is 2.51. The molecule has 1 fully saturated rings. The Morgan fingerprint density at radius 1 is 0.211 bits per heavy atom. The molecule has 0 atom stereocenters. The van der Waals surface area contributed by atoms with Gasteiger partial charge in [0, 0.05) is 93.8 Å². The summed E-state index contributed by atoms with van der Waals surface area (Å²) < 4.78 is 14.2. The molecule has 586 valence electrons. The van der Waals surface area contributed by atoms with Crippen LogP contribution in [-0.4, -0.2) is 63.2 Å². The van der Waals surface area contributed by atoms with Crippen LogP contribution in [0.5, 0.6) is 0 Å². The summed E-state index contributed by atoms with van der Waals surface area (Å²) in [6.45, 7) is 8.28. The van der Waals surface area contributed by atoms with Gasteiger partial charge in [-0.1, -0.05) is 323 Å². The van der Waals surface area contributed by atoms with E-state index >= 15 is 0 Å². The molecule has 1 aliphatic rings. The average molecular weight is 1710 g/mol. The fourth-order valence-corrected chi connectivity index (χ4v) is 17.4. The second kappa shape index (κ2) is 33.1. The Morgan fingerprint density at radius 3 is 0.772 bits per heavy atom. The molecule has 1 saturated heterocycles. The predicted octanol–water partition coefficient (Wildman–Crippen LogP) is 27.8. The normalized spacial score (nSPS) is 12.8. The first kappa shape index (κ1) is 77.4. The van der Waals surface area contributed by atoms with Gasteiger partial charge in [-0.15, -0.1) is 0 Å². The van der Waals surface area contributed by atoms with Crippen LogP contribution in [0.4, 0.5) is 0 Å². The van der Waals surface area contributed by atoms with Gasteiger partial charge in [0.1, 0.15) is 0 Å². The lowest BCUT2D eigenvalue weighted by Crippen LogP contribution is -2.41. The smallest absolute Gasteiger partial charge is 0.399 e. The molecular weight excluding hydrogens is 1640 g/mol. The molecule has 11 nitrogen and oxygen atoms in total. The number of rotatable bonds is 12. The van der Waals surface area contributed by atoms with Gasteiger partial charge in [-0.3, -0.25) is 15.0 Å². The van der Waals surface area contributed by atoms with Gasteiger partial charge in [0.2, 0.25) is 0 Å². The third-order valence-electron chi connectivity index (χ3n) is 23.3. The fraction of sp³-hybridized carbons (Fsp3) is 0.0550. The molecule has 123 heavy (non-hydrogen) atoms. The number of aromatic nitrogens is 9. The zero-order valence-electron chi connectivity index (χ0n) is 67.6. The molecule has 21 aromatic rings. The van der Waals surface area contributed by atoms with Crippen LogP contribution >= 0.6 is 31.9 Å². The molecule has 14 heteroatoms. The van der Waals surface area contributed by atoms with Crippen LogP contribution < -0.4 is 5.46 Å². The summed E-state index contributed by atoms with van der Waals surface area (Å²) in [6, 6.07) is 129. The summed E-state index contributed by atoms with van der Waals surface area (Å²) in [5.74, 6) is 3.75. The van der Waals surface area contributed by atoms with E-state index in [0.717, 1.165) is 152 Å². The summed E-state index contributed by atoms with van der Waals surface area (Å²) in [5.41, 5.74) is 16.3. The Balaban J connectivity index is 0.000000135. The van der Waals surface area contributed by atoms with Gasteiger partial charge in [-0.25, -0.2) is 29.9 Å². The first-order valence-electron chi connectivity index (χ1n) is 41.0. The van der Waals surface area contributed by atoms with Crippen LogP contribution in [0.1, 0.15) is 27.7 Å². The van der Waals surface area contributed by atoms with Crippen LogP contribution in [0.2, 0.25) is 0 Å². The monoisotopic (exact) mass is 1710 g/mol. The number of nitrogens with zero attached hydrogens (tertiary/aromatic N) is 9. The largest absolute Gasteiger partial charge is 0.494 e. The highest BCUT2D eigenvalue weighted by molar-refractivity contribution is 9.11. The lowest BCUT2D eigenvalue weighted by Gasteiger charge is -2.32. The molecule has 22 rings (SSSR count). The van der Waals surface area contributed by atoms with Gasteiger partial charge in [-0.05, 0) is 194 Å². The van der Waals surface area contributed by atoms with E-state index in [0.29, 0.717) is 34.9 Å². The highest BCUT2D eigenvalue weighted by Crippen LogP contribution is 2.41. The fourth-order valence-electron chi connectivity index (χ4n) is 16.1. The van der Waals surface area contributed by atoms with Crippen molar-refractivity contribution in [3.05, 3.63) is 398 Å². The maximum atomic E-state index is 6.13. The van der Waals surface area contributed by atoms with Crippen LogP contribution in [-0.2, 0) is 9.31 Å². The molecule has 0 radical (unpaired) electrons. The number of pyridine rings is 3. The van der Waals surface area contributed by atoms with Crippen LogP contribution in [0, 0.1) is 0 Å². The van der Waals surface area contributed by atoms with Crippen LogP contribution in [0.15, 0.2) is 398 Å². The molecule has 0 unspecified atom stereocenters. The molecule has 0 saturated carbocycles. The Hall–Kier alpha value is -14.2. The number of hydrogen-bond donors (Lipinski definition) is 0. The SMILES string of the molecule is Brc1cc(Br)cc(-c2nc(-c3ccc4ccccc4c3)nc(-c3ccc4ccccc4c3)n2)c1.CC1(C)OB(c2ccc(-c3nccc4ccccc34)cc2)OC1(C)C.c1ccc2cc(-c3nc(-c4cc(-c5ccc(-c6nccc7ccccc67)cc5)cc(-c5ccc(-c6nccc7ccccc67)cc5)c4)nc(-c4ccc5ccccc5c4)n3)ccc2c1. The van der Waals surface area contributed by atoms with Crippen molar-refractivity contribution in [3.8, 4) is 124 Å². The molecular formula is C109H76BBr2N9O2. The lowest BCUT2D eigenvalue weighted by atomic mass is 9.78. The maximum Gasteiger partial charge on any atom is 0.494 e. The average Bonchev–Trinajstić information content (AvgIpc) is 1.71. The first-order valence-corrected chi connectivity index (χ1v) is 42.5. The maximum absolute atomic E-state index is 6.13. The molecule has 5 aromatic heterocycles. The van der Waals surface area contributed by atoms with E-state index in [4.69, 9.17) is 49.2 Å². The Morgan fingerprint density at radius 2 is 0.455 bits per heavy atom. The number of fused-ring (bicyclic) bond motifs is 7. The third-order valence-corrected chi connectivity index (χ3v) is 24.2. The summed E-state index contributed by atoms with van der Waals surface area (Å²) in [5, 5.41) is 16.2. The summed E-state index contributed by atoms with van der Waals surface area (Å²) >= 11 is 7.18. The van der Waals surface area contributed by atoms with E-state index in [1.807, 2.05) is 79.3 Å². The number of benzene rings is 16. The Labute approximate surface area is 729 Å². The third kappa shape index (κ3) is 16.1. The summed E-state index contributed by atoms with van der Waals surface area (Å²) in [4.78, 5) is 44.6. The van der Waals surface area contributed by atoms with Crippen molar-refractivity contribution in [3.63, 3.8) is 0 Å². The molecule has 0 aliphatic carbocycles. The Kier molecular flexibility index (Phi) is 20.8. The first-order chi connectivity index (χ1) is 60.2. The zero-order valence-corrected chi connectivity index (χ0v) is 70.8. The minimum absolute atomic E-state index is 0.326. The zero-order chi connectivity index (χ0) is 83.1. The quantitative estimate of drug-likeness (QED) is 0.108. The molecule has 6 heterocycles. The van der Waals surface area contributed by atoms with E-state index in [1.54, 1.807) is 0 Å². The molecule has 0 amide bonds. The van der Waals surface area contributed by atoms with Gasteiger partial charge in [0.25, 0.3) is 0 Å². The summed E-state index contributed by atoms with van der Waals surface area (Å²) in [7, 11) is -0.334. The minimum atomic E-state index is -0.334. The van der Waals surface area contributed by atoms with Crippen LogP contribution in [0.3, 0.4) is 0 Å². The van der Waals surface area contributed by atoms with Crippen molar-refractivity contribution in [2.45, 2.75) is 38.9 Å². The van der Waals surface area contributed by atoms with E-state index in [9.17, 15) is 0 Å². The van der Waals surface area contributed by atoms with Crippen molar-refractivity contribution in [1.82, 2.24) is 44.9 Å². The lowest BCUT2D eigenvalue weighted by molar-refractivity contribution is 0.00578. The van der Waals surface area contributed by atoms with E-state index < -0.39 is 0 Å². The second-order valence-corrected chi connectivity index (χ2v) is 33.7. The topological polar surface area (TPSA) is 134 Å². The van der Waals surface area contributed by atoms with Gasteiger partial charge in [-0.2, -0.15) is 0 Å². The van der Waals surface area contributed by atoms with E-state index in [1.165, 1.54) is 26.9 Å². The van der Waals surface area contributed by atoms with Crippen molar-refractivity contribution < 1.29 is 9.31 Å². The van der Waals surface area contributed by atoms with Gasteiger partial charge in [0.15, 0.2) is 34.9 Å². The molecule has 0 spiro atoms. The van der Waals surface area contributed by atoms with Gasteiger partial charge in [0.05, 0.1) is 28.3 Å². The van der Waals surface area contributed by atoms with Gasteiger partial charge >= 0.3 is 7.12 Å². The van der Waals surface area contributed by atoms with Crippen molar-refractivity contribution in [1.29, 1.82) is 0 Å². The standard InChI is InChI=1S/C59H37N5.C29H17Br2N3.C21H22BNO2/c1-3-13-46-33-48(27-21-38(46)9-1)57-62-58(49-28-22-39-10-2-4-14-47(39)34-49)64-59(63-57)52-36-50(40-17-23-44(24-18-40)55-53-15-7-5-11-42(53)29-31-60-55)35-51(37-52)41-19-25-45(26-20-41)56-54-16-8-6-12-43(54)30-32-61-56;30-25-15-24(16-26(31)17-25)29-33-27(22-11-9-18-5-1-3-7-20(18)13-22)32-28(34-29)23-12-10-19-6-2-4-8-21(19)14-23;1-20(2)21(3,4)25-22(24-20)17-11-9-16(10-12-17)19-18-8-6-5-7-15(18)13-14-23-19/h1-37H;1-17H;5-14H,1-4H3. The number of halogens is 2. The van der Waals surface area contributed by atoms with E-state index in [2.05, 4.69) is 374 Å². The van der Waals surface area contributed by atoms with E-state index in [-0.39, 0.29) is 18.3 Å². The van der Waals surface area contributed by atoms with Crippen molar-refractivity contribution in [2.24, 2.45) is 0 Å². The van der Waals surface area contributed by atoms with Crippen molar-refractivity contribution >= 4 is 120 Å². The molecule has 0 bridgehead atoms. The number of hydrogen-bond acceptors (Lipinski definition) is 11. The second-order valence-electron chi connectivity index (χ2n) is 31.8. The highest BCUT2D eigenvalue weighted by atomic mass is 79.9.